The first-order valence-electron chi connectivity index (χ1n) is 5.33. The van der Waals surface area contributed by atoms with Crippen molar-refractivity contribution < 1.29 is 4.74 Å². The first-order chi connectivity index (χ1) is 6.90. The summed E-state index contributed by atoms with van der Waals surface area (Å²) in [6, 6.07) is 8.46. The Kier molecular flexibility index (Phi) is 3.04. The van der Waals surface area contributed by atoms with Crippen LogP contribution < -0.4 is 5.32 Å². The minimum atomic E-state index is 0.352. The minimum absolute atomic E-state index is 0.352. The highest BCUT2D eigenvalue weighted by Crippen LogP contribution is 2.22. The Hall–Kier alpha value is -1.02. The van der Waals surface area contributed by atoms with Gasteiger partial charge in [-0.2, -0.15) is 0 Å². The maximum Gasteiger partial charge on any atom is 0.0788 e. The molecule has 1 aromatic carbocycles. The molecule has 1 N–H and O–H groups in total. The van der Waals surface area contributed by atoms with E-state index in [1.807, 2.05) is 0 Å². The maximum atomic E-state index is 5.73. The van der Waals surface area contributed by atoms with Crippen LogP contribution in [0.4, 0.5) is 5.69 Å². The van der Waals surface area contributed by atoms with Gasteiger partial charge in [0, 0.05) is 25.3 Å². The van der Waals surface area contributed by atoms with Gasteiger partial charge in [-0.05, 0) is 18.1 Å². The fourth-order valence-electron chi connectivity index (χ4n) is 1.81. The third-order valence-electron chi connectivity index (χ3n) is 2.54. The van der Waals surface area contributed by atoms with Crippen LogP contribution >= 0.6 is 0 Å². The Balaban J connectivity index is 1.99. The summed E-state index contributed by atoms with van der Waals surface area (Å²) in [4.78, 5) is 0. The number of ether oxygens (including phenoxy) is 1. The van der Waals surface area contributed by atoms with Gasteiger partial charge in [0.15, 0.2) is 0 Å². The standard InChI is InChI=1S/C12H17NO/c1-2-7-14-11-8-10-5-3-4-6-12(10)13-9-11/h3-6,11,13H,2,7-9H2,1H3/t11-/m0/s1. The van der Waals surface area contributed by atoms with Gasteiger partial charge in [-0.25, -0.2) is 0 Å². The third-order valence-corrected chi connectivity index (χ3v) is 2.54. The highest BCUT2D eigenvalue weighted by atomic mass is 16.5. The molecule has 0 saturated heterocycles. The average molecular weight is 191 g/mol. The van der Waals surface area contributed by atoms with Gasteiger partial charge in [0.25, 0.3) is 0 Å². The zero-order chi connectivity index (χ0) is 9.80. The first kappa shape index (κ1) is 9.53. The van der Waals surface area contributed by atoms with E-state index in [0.29, 0.717) is 6.10 Å². The monoisotopic (exact) mass is 191 g/mol. The van der Waals surface area contributed by atoms with E-state index in [2.05, 4.69) is 36.5 Å². The quantitative estimate of drug-likeness (QED) is 0.792. The number of hydrogen-bond donors (Lipinski definition) is 1. The van der Waals surface area contributed by atoms with Crippen LogP contribution in [-0.2, 0) is 11.2 Å². The van der Waals surface area contributed by atoms with Crippen molar-refractivity contribution >= 4 is 5.69 Å². The molecule has 0 aliphatic carbocycles. The van der Waals surface area contributed by atoms with Gasteiger partial charge >= 0.3 is 0 Å². The number of hydrogen-bond acceptors (Lipinski definition) is 2. The van der Waals surface area contributed by atoms with Crippen LogP contribution in [0.1, 0.15) is 18.9 Å². The van der Waals surface area contributed by atoms with Crippen molar-refractivity contribution in [2.24, 2.45) is 0 Å². The Labute approximate surface area is 85.3 Å². The second-order valence-corrected chi connectivity index (χ2v) is 3.73. The summed E-state index contributed by atoms with van der Waals surface area (Å²) in [6.45, 7) is 3.95. The van der Waals surface area contributed by atoms with Crippen LogP contribution in [0.25, 0.3) is 0 Å². The van der Waals surface area contributed by atoms with Crippen LogP contribution in [0.15, 0.2) is 24.3 Å². The molecule has 1 aliphatic heterocycles. The smallest absolute Gasteiger partial charge is 0.0788 e. The number of fused-ring (bicyclic) bond motifs is 1. The van der Waals surface area contributed by atoms with Gasteiger partial charge in [-0.1, -0.05) is 25.1 Å². The molecule has 2 nitrogen and oxygen atoms in total. The molecule has 0 aromatic heterocycles. The highest BCUT2D eigenvalue weighted by Gasteiger charge is 2.17. The Bertz CT molecular complexity index is 298. The molecule has 0 bridgehead atoms. The molecule has 0 saturated carbocycles. The number of benzene rings is 1. The van der Waals surface area contributed by atoms with Gasteiger partial charge in [-0.3, -0.25) is 0 Å². The summed E-state index contributed by atoms with van der Waals surface area (Å²) in [5.74, 6) is 0. The third kappa shape index (κ3) is 2.07. The van der Waals surface area contributed by atoms with Crippen molar-refractivity contribution in [1.29, 1.82) is 0 Å². The van der Waals surface area contributed by atoms with Crippen LogP contribution in [0.2, 0.25) is 0 Å². The van der Waals surface area contributed by atoms with Gasteiger partial charge in [0.05, 0.1) is 6.10 Å². The predicted molar refractivity (Wildman–Crippen MR) is 58.7 cm³/mol. The van der Waals surface area contributed by atoms with E-state index in [-0.39, 0.29) is 0 Å². The van der Waals surface area contributed by atoms with Gasteiger partial charge in [0.2, 0.25) is 0 Å². The molecule has 0 fully saturated rings. The van der Waals surface area contributed by atoms with Crippen molar-refractivity contribution in [2.45, 2.75) is 25.9 Å². The predicted octanol–water partition coefficient (Wildman–Crippen LogP) is 2.45. The molecule has 14 heavy (non-hydrogen) atoms. The van der Waals surface area contributed by atoms with Crippen molar-refractivity contribution in [3.8, 4) is 0 Å². The molecule has 0 spiro atoms. The topological polar surface area (TPSA) is 21.3 Å². The molecule has 1 aliphatic rings. The summed E-state index contributed by atoms with van der Waals surface area (Å²) in [5, 5.41) is 3.40. The lowest BCUT2D eigenvalue weighted by atomic mass is 10.0. The van der Waals surface area contributed by atoms with E-state index in [1.54, 1.807) is 0 Å². The van der Waals surface area contributed by atoms with Crippen molar-refractivity contribution in [3.63, 3.8) is 0 Å². The fraction of sp³-hybridized carbons (Fsp3) is 0.500. The fourth-order valence-corrected chi connectivity index (χ4v) is 1.81. The zero-order valence-electron chi connectivity index (χ0n) is 8.62. The van der Waals surface area contributed by atoms with Crippen LogP contribution in [-0.4, -0.2) is 19.3 Å². The summed E-state index contributed by atoms with van der Waals surface area (Å²) in [6.07, 6.45) is 2.49. The Morgan fingerprint density at radius 2 is 2.29 bits per heavy atom. The van der Waals surface area contributed by atoms with E-state index < -0.39 is 0 Å². The van der Waals surface area contributed by atoms with Crippen molar-refractivity contribution in [3.05, 3.63) is 29.8 Å². The Morgan fingerprint density at radius 3 is 3.14 bits per heavy atom. The molecule has 1 atom stereocenters. The molecular weight excluding hydrogens is 174 g/mol. The van der Waals surface area contributed by atoms with Gasteiger partial charge < -0.3 is 10.1 Å². The molecule has 76 valence electrons. The molecule has 0 unspecified atom stereocenters. The normalized spacial score (nSPS) is 19.9. The van der Waals surface area contributed by atoms with Gasteiger partial charge in [0.1, 0.15) is 0 Å². The maximum absolute atomic E-state index is 5.73. The van der Waals surface area contributed by atoms with E-state index in [4.69, 9.17) is 4.74 Å². The molecule has 2 heteroatoms. The van der Waals surface area contributed by atoms with Crippen molar-refractivity contribution in [2.75, 3.05) is 18.5 Å². The highest BCUT2D eigenvalue weighted by molar-refractivity contribution is 5.53. The summed E-state index contributed by atoms with van der Waals surface area (Å²) >= 11 is 0. The summed E-state index contributed by atoms with van der Waals surface area (Å²) < 4.78 is 5.73. The summed E-state index contributed by atoms with van der Waals surface area (Å²) in [7, 11) is 0. The van der Waals surface area contributed by atoms with Crippen LogP contribution in [0, 0.1) is 0 Å². The Morgan fingerprint density at radius 1 is 1.43 bits per heavy atom. The van der Waals surface area contributed by atoms with E-state index in [1.165, 1.54) is 11.3 Å². The van der Waals surface area contributed by atoms with Crippen molar-refractivity contribution in [1.82, 2.24) is 0 Å². The molecule has 1 heterocycles. The lowest BCUT2D eigenvalue weighted by molar-refractivity contribution is 0.0608. The summed E-state index contributed by atoms with van der Waals surface area (Å²) in [5.41, 5.74) is 2.64. The first-order valence-corrected chi connectivity index (χ1v) is 5.33. The molecule has 0 radical (unpaired) electrons. The van der Waals surface area contributed by atoms with E-state index >= 15 is 0 Å². The number of para-hydroxylation sites is 1. The average Bonchev–Trinajstić information content (AvgIpc) is 2.26. The zero-order valence-corrected chi connectivity index (χ0v) is 8.62. The SMILES string of the molecule is CCCO[C@@H]1CNc2ccccc2C1. The number of nitrogens with one attached hydrogen (secondary N) is 1. The largest absolute Gasteiger partial charge is 0.382 e. The van der Waals surface area contributed by atoms with Crippen LogP contribution in [0.3, 0.4) is 0 Å². The lowest BCUT2D eigenvalue weighted by Crippen LogP contribution is -2.30. The molecule has 1 aromatic rings. The number of rotatable bonds is 3. The van der Waals surface area contributed by atoms with Gasteiger partial charge in [-0.15, -0.1) is 0 Å². The minimum Gasteiger partial charge on any atom is -0.382 e. The number of anilines is 1. The second-order valence-electron chi connectivity index (χ2n) is 3.73. The second kappa shape index (κ2) is 4.47. The van der Waals surface area contributed by atoms with E-state index in [9.17, 15) is 0 Å². The molecule has 2 rings (SSSR count). The molecular formula is C12H17NO. The lowest BCUT2D eigenvalue weighted by Gasteiger charge is -2.26. The van der Waals surface area contributed by atoms with E-state index in [0.717, 1.165) is 26.0 Å². The van der Waals surface area contributed by atoms with Crippen LogP contribution in [0.5, 0.6) is 0 Å². The molecule has 0 amide bonds.